The SMILES string of the molecule is Cc1cc(=O)n2nc(N3CCc4ncc(-c5cn6ccnc6cc5C)cc4C3)c(C)c(C)c2n1. The zero-order chi connectivity index (χ0) is 23.6. The molecule has 6 heterocycles. The zero-order valence-corrected chi connectivity index (χ0v) is 19.7. The minimum atomic E-state index is -0.154. The largest absolute Gasteiger partial charge is 0.350 e. The van der Waals surface area contributed by atoms with E-state index in [0.29, 0.717) is 17.9 Å². The van der Waals surface area contributed by atoms with Gasteiger partial charge in [-0.1, -0.05) is 0 Å². The Balaban J connectivity index is 1.41. The molecule has 0 bridgehead atoms. The Morgan fingerprint density at radius 2 is 1.85 bits per heavy atom. The number of anilines is 1. The van der Waals surface area contributed by atoms with E-state index in [1.54, 1.807) is 0 Å². The topological polar surface area (TPSA) is 80.7 Å². The van der Waals surface area contributed by atoms with E-state index in [1.807, 2.05) is 36.8 Å². The van der Waals surface area contributed by atoms with Crippen LogP contribution in [0.4, 0.5) is 5.82 Å². The number of aryl methyl sites for hydroxylation is 3. The number of imidazole rings is 1. The minimum Gasteiger partial charge on any atom is -0.350 e. The molecule has 0 amide bonds. The van der Waals surface area contributed by atoms with E-state index in [-0.39, 0.29) is 5.56 Å². The molecular formula is C26H25N7O. The lowest BCUT2D eigenvalue weighted by molar-refractivity contribution is 0.684. The third-order valence-corrected chi connectivity index (χ3v) is 6.84. The molecule has 0 atom stereocenters. The van der Waals surface area contributed by atoms with Crippen LogP contribution in [-0.2, 0) is 13.0 Å². The van der Waals surface area contributed by atoms with E-state index in [4.69, 9.17) is 10.1 Å². The Morgan fingerprint density at radius 1 is 1.00 bits per heavy atom. The molecule has 170 valence electrons. The van der Waals surface area contributed by atoms with E-state index in [1.165, 1.54) is 16.1 Å². The summed E-state index contributed by atoms with van der Waals surface area (Å²) in [5.41, 5.74) is 9.83. The molecule has 0 saturated carbocycles. The van der Waals surface area contributed by atoms with Crippen molar-refractivity contribution in [2.24, 2.45) is 0 Å². The third kappa shape index (κ3) is 3.17. The van der Waals surface area contributed by atoms with Crippen molar-refractivity contribution in [2.75, 3.05) is 11.4 Å². The highest BCUT2D eigenvalue weighted by molar-refractivity contribution is 5.69. The first-order chi connectivity index (χ1) is 16.4. The van der Waals surface area contributed by atoms with Crippen LogP contribution in [0.1, 0.15) is 33.6 Å². The lowest BCUT2D eigenvalue weighted by Gasteiger charge is -2.31. The molecule has 5 aromatic heterocycles. The van der Waals surface area contributed by atoms with Crippen molar-refractivity contribution >= 4 is 17.1 Å². The van der Waals surface area contributed by atoms with Crippen LogP contribution in [0.3, 0.4) is 0 Å². The van der Waals surface area contributed by atoms with Crippen LogP contribution in [0.2, 0.25) is 0 Å². The van der Waals surface area contributed by atoms with E-state index in [2.05, 4.69) is 47.0 Å². The van der Waals surface area contributed by atoms with Crippen molar-refractivity contribution < 1.29 is 0 Å². The van der Waals surface area contributed by atoms with Crippen molar-refractivity contribution in [2.45, 2.75) is 40.7 Å². The molecule has 1 aliphatic heterocycles. The maximum Gasteiger partial charge on any atom is 0.274 e. The summed E-state index contributed by atoms with van der Waals surface area (Å²) >= 11 is 0. The Kier molecular flexibility index (Phi) is 4.52. The molecule has 34 heavy (non-hydrogen) atoms. The van der Waals surface area contributed by atoms with Crippen LogP contribution in [0, 0.1) is 27.7 Å². The second-order valence-corrected chi connectivity index (χ2v) is 9.11. The fraction of sp³-hybridized carbons (Fsp3) is 0.269. The predicted molar refractivity (Wildman–Crippen MR) is 131 cm³/mol. The molecule has 0 saturated heterocycles. The van der Waals surface area contributed by atoms with Crippen molar-refractivity contribution in [3.05, 3.63) is 87.0 Å². The van der Waals surface area contributed by atoms with E-state index >= 15 is 0 Å². The second-order valence-electron chi connectivity index (χ2n) is 9.11. The predicted octanol–water partition coefficient (Wildman–Crippen LogP) is 3.60. The van der Waals surface area contributed by atoms with Gasteiger partial charge in [-0.05, 0) is 51.0 Å². The Bertz CT molecular complexity index is 1660. The number of aromatic nitrogens is 6. The quantitative estimate of drug-likeness (QED) is 0.408. The number of hydrogen-bond donors (Lipinski definition) is 0. The lowest BCUT2D eigenvalue weighted by Crippen LogP contribution is -2.34. The molecule has 0 unspecified atom stereocenters. The van der Waals surface area contributed by atoms with Crippen LogP contribution in [0.5, 0.6) is 0 Å². The second kappa shape index (κ2) is 7.48. The molecule has 0 fully saturated rings. The molecule has 8 nitrogen and oxygen atoms in total. The van der Waals surface area contributed by atoms with E-state index in [9.17, 15) is 4.79 Å². The fourth-order valence-electron chi connectivity index (χ4n) is 4.85. The first kappa shape index (κ1) is 20.5. The van der Waals surface area contributed by atoms with Gasteiger partial charge >= 0.3 is 0 Å². The molecule has 6 rings (SSSR count). The summed E-state index contributed by atoms with van der Waals surface area (Å²) in [5, 5.41) is 4.73. The van der Waals surface area contributed by atoms with Gasteiger partial charge in [0.1, 0.15) is 5.65 Å². The summed E-state index contributed by atoms with van der Waals surface area (Å²) < 4.78 is 3.46. The molecule has 8 heteroatoms. The zero-order valence-electron chi connectivity index (χ0n) is 19.7. The average molecular weight is 452 g/mol. The summed E-state index contributed by atoms with van der Waals surface area (Å²) in [7, 11) is 0. The maximum absolute atomic E-state index is 12.6. The van der Waals surface area contributed by atoms with Crippen molar-refractivity contribution in [3.8, 4) is 11.1 Å². The number of pyridine rings is 2. The van der Waals surface area contributed by atoms with Gasteiger partial charge in [0.2, 0.25) is 0 Å². The monoisotopic (exact) mass is 451 g/mol. The van der Waals surface area contributed by atoms with Gasteiger partial charge in [0, 0.05) is 84.0 Å². The Morgan fingerprint density at radius 3 is 2.71 bits per heavy atom. The third-order valence-electron chi connectivity index (χ3n) is 6.84. The molecule has 1 aliphatic rings. The molecule has 0 N–H and O–H groups in total. The van der Waals surface area contributed by atoms with Crippen molar-refractivity contribution in [3.63, 3.8) is 0 Å². The number of hydrogen-bond acceptors (Lipinski definition) is 6. The molecular weight excluding hydrogens is 426 g/mol. The Hall–Kier alpha value is -4.07. The molecule has 0 aliphatic carbocycles. The van der Waals surface area contributed by atoms with Gasteiger partial charge < -0.3 is 9.30 Å². The van der Waals surface area contributed by atoms with Crippen LogP contribution in [0.25, 0.3) is 22.4 Å². The highest BCUT2D eigenvalue weighted by atomic mass is 16.1. The maximum atomic E-state index is 12.6. The number of rotatable bonds is 2. The van der Waals surface area contributed by atoms with Crippen molar-refractivity contribution in [1.82, 2.24) is 29.0 Å². The first-order valence-corrected chi connectivity index (χ1v) is 11.4. The van der Waals surface area contributed by atoms with Crippen LogP contribution < -0.4 is 10.5 Å². The molecule has 5 aromatic rings. The summed E-state index contributed by atoms with van der Waals surface area (Å²) in [4.78, 5) is 28.6. The normalized spacial score (nSPS) is 13.6. The van der Waals surface area contributed by atoms with Crippen molar-refractivity contribution in [1.29, 1.82) is 0 Å². The van der Waals surface area contributed by atoms with Gasteiger partial charge in [-0.2, -0.15) is 4.52 Å². The molecule has 0 radical (unpaired) electrons. The smallest absolute Gasteiger partial charge is 0.274 e. The van der Waals surface area contributed by atoms with E-state index < -0.39 is 0 Å². The van der Waals surface area contributed by atoms with Gasteiger partial charge in [-0.3, -0.25) is 9.78 Å². The van der Waals surface area contributed by atoms with Gasteiger partial charge in [-0.15, -0.1) is 5.10 Å². The Labute approximate surface area is 196 Å². The number of nitrogens with zero attached hydrogens (tertiary/aromatic N) is 7. The highest BCUT2D eigenvalue weighted by Crippen LogP contribution is 2.30. The van der Waals surface area contributed by atoms with Crippen LogP contribution >= 0.6 is 0 Å². The fourth-order valence-corrected chi connectivity index (χ4v) is 4.85. The van der Waals surface area contributed by atoms with Gasteiger partial charge in [0.15, 0.2) is 11.5 Å². The number of fused-ring (bicyclic) bond motifs is 3. The molecule has 0 aromatic carbocycles. The van der Waals surface area contributed by atoms with Crippen LogP contribution in [0.15, 0.2) is 47.8 Å². The minimum absolute atomic E-state index is 0.154. The summed E-state index contributed by atoms with van der Waals surface area (Å²) in [6.45, 7) is 9.49. The summed E-state index contributed by atoms with van der Waals surface area (Å²) in [6.07, 6.45) is 8.68. The molecule has 0 spiro atoms. The van der Waals surface area contributed by atoms with E-state index in [0.717, 1.165) is 57.9 Å². The lowest BCUT2D eigenvalue weighted by atomic mass is 9.98. The highest BCUT2D eigenvalue weighted by Gasteiger charge is 2.23. The van der Waals surface area contributed by atoms with Gasteiger partial charge in [-0.25, -0.2) is 9.97 Å². The summed E-state index contributed by atoms with van der Waals surface area (Å²) in [6, 6.07) is 5.86. The summed E-state index contributed by atoms with van der Waals surface area (Å²) in [5.74, 6) is 0.824. The average Bonchev–Trinajstić information content (AvgIpc) is 3.27. The van der Waals surface area contributed by atoms with Crippen LogP contribution in [-0.4, -0.2) is 35.5 Å². The van der Waals surface area contributed by atoms with Gasteiger partial charge in [0.05, 0.1) is 0 Å². The first-order valence-electron chi connectivity index (χ1n) is 11.4. The van der Waals surface area contributed by atoms with Gasteiger partial charge in [0.25, 0.3) is 5.56 Å². The standard InChI is InChI=1S/C26H25N7O/c1-15-9-23-27-6-8-31(23)14-21(15)19-11-20-13-32(7-5-22(20)28-12-19)26-18(4)17(3)25-29-16(2)10-24(34)33(25)30-26/h6,8-12,14H,5,7,13H2,1-4H3.